The van der Waals surface area contributed by atoms with Gasteiger partial charge >= 0.3 is 171 Å². The summed E-state index contributed by atoms with van der Waals surface area (Å²) in [5.74, 6) is 0. The SMILES string of the molecule is CC[O][Ti]([CH2]C(C)(C)c1ccccc1)([CH2]C(C)(C)c1ccccc1)[O]CC. The molecular formula is C24H36O2Ti. The number of hydrogen-bond donors (Lipinski definition) is 0. The van der Waals surface area contributed by atoms with Gasteiger partial charge in [0.2, 0.25) is 0 Å². The van der Waals surface area contributed by atoms with Gasteiger partial charge in [-0.25, -0.2) is 0 Å². The zero-order valence-corrected chi connectivity index (χ0v) is 19.5. The average molecular weight is 404 g/mol. The van der Waals surface area contributed by atoms with Crippen LogP contribution >= 0.6 is 0 Å². The fraction of sp³-hybridized carbons (Fsp3) is 0.500. The molecule has 0 amide bonds. The third-order valence-corrected chi connectivity index (χ3v) is 12.3. The van der Waals surface area contributed by atoms with Crippen LogP contribution in [0.25, 0.3) is 0 Å². The van der Waals surface area contributed by atoms with Gasteiger partial charge in [0.25, 0.3) is 0 Å². The van der Waals surface area contributed by atoms with E-state index in [4.69, 9.17) is 6.64 Å². The van der Waals surface area contributed by atoms with Crippen LogP contribution in [0.2, 0.25) is 9.45 Å². The predicted octanol–water partition coefficient (Wildman–Crippen LogP) is 6.84. The van der Waals surface area contributed by atoms with Crippen LogP contribution in [-0.4, -0.2) is 13.2 Å². The predicted molar refractivity (Wildman–Crippen MR) is 112 cm³/mol. The normalized spacial score (nSPS) is 13.0. The Kier molecular flexibility index (Phi) is 7.88. The van der Waals surface area contributed by atoms with Crippen LogP contribution in [0.4, 0.5) is 0 Å². The molecular weight excluding hydrogens is 368 g/mol. The summed E-state index contributed by atoms with van der Waals surface area (Å²) in [4.78, 5) is 0. The molecule has 2 aromatic carbocycles. The molecule has 0 atom stereocenters. The first-order valence-electron chi connectivity index (χ1n) is 10.1. The molecule has 27 heavy (non-hydrogen) atoms. The van der Waals surface area contributed by atoms with E-state index in [1.54, 1.807) is 0 Å². The molecule has 0 radical (unpaired) electrons. The summed E-state index contributed by atoms with van der Waals surface area (Å²) < 4.78 is 15.1. The van der Waals surface area contributed by atoms with Gasteiger partial charge in [-0.1, -0.05) is 0 Å². The van der Waals surface area contributed by atoms with Crippen LogP contribution in [0.3, 0.4) is 0 Å². The summed E-state index contributed by atoms with van der Waals surface area (Å²) in [5.41, 5.74) is 2.77. The fourth-order valence-electron chi connectivity index (χ4n) is 4.16. The van der Waals surface area contributed by atoms with Gasteiger partial charge < -0.3 is 0 Å². The number of hydrogen-bond acceptors (Lipinski definition) is 2. The maximum atomic E-state index is 6.55. The van der Waals surface area contributed by atoms with Crippen molar-refractivity contribution in [2.24, 2.45) is 0 Å². The molecule has 3 heteroatoms. The molecule has 0 heterocycles. The molecule has 0 fully saturated rings. The van der Waals surface area contributed by atoms with Crippen LogP contribution in [0.5, 0.6) is 0 Å². The molecule has 0 aromatic heterocycles. The zero-order chi connectivity index (χ0) is 20.0. The average Bonchev–Trinajstić information content (AvgIpc) is 2.63. The van der Waals surface area contributed by atoms with E-state index in [0.29, 0.717) is 0 Å². The van der Waals surface area contributed by atoms with Crippen LogP contribution < -0.4 is 0 Å². The van der Waals surface area contributed by atoms with E-state index in [2.05, 4.69) is 102 Å². The first kappa shape index (κ1) is 22.4. The molecule has 0 N–H and O–H groups in total. The maximum absolute atomic E-state index is 6.55. The zero-order valence-electron chi connectivity index (χ0n) is 17.9. The summed E-state index contributed by atoms with van der Waals surface area (Å²) >= 11 is -3.07. The molecule has 148 valence electrons. The van der Waals surface area contributed by atoms with Crippen LogP contribution in [0.15, 0.2) is 60.7 Å². The Morgan fingerprint density at radius 2 is 0.963 bits per heavy atom. The van der Waals surface area contributed by atoms with Crippen LogP contribution in [-0.2, 0) is 34.8 Å². The van der Waals surface area contributed by atoms with Crippen molar-refractivity contribution in [2.75, 3.05) is 13.2 Å². The second-order valence-corrected chi connectivity index (χ2v) is 13.5. The Balaban J connectivity index is 2.37. The molecule has 2 nitrogen and oxygen atoms in total. The summed E-state index contributed by atoms with van der Waals surface area (Å²) in [5, 5.41) is 0. The first-order valence-corrected chi connectivity index (χ1v) is 13.6. The van der Waals surface area contributed by atoms with Crippen molar-refractivity contribution in [1.82, 2.24) is 0 Å². The van der Waals surface area contributed by atoms with E-state index in [1.165, 1.54) is 11.1 Å². The van der Waals surface area contributed by atoms with Crippen LogP contribution in [0, 0.1) is 0 Å². The molecule has 0 spiro atoms. The van der Waals surface area contributed by atoms with Gasteiger partial charge in [-0.3, -0.25) is 0 Å². The van der Waals surface area contributed by atoms with Gasteiger partial charge in [0.05, 0.1) is 0 Å². The van der Waals surface area contributed by atoms with Crippen molar-refractivity contribution in [1.29, 1.82) is 0 Å². The third kappa shape index (κ3) is 6.02. The van der Waals surface area contributed by atoms with E-state index in [-0.39, 0.29) is 10.8 Å². The Bertz CT molecular complexity index is 619. The van der Waals surface area contributed by atoms with E-state index in [9.17, 15) is 0 Å². The molecule has 0 aliphatic carbocycles. The summed E-state index contributed by atoms with van der Waals surface area (Å²) in [6.07, 6.45) is 0. The molecule has 0 saturated carbocycles. The Labute approximate surface area is 170 Å². The van der Waals surface area contributed by atoms with E-state index < -0.39 is 17.4 Å². The van der Waals surface area contributed by atoms with Crippen molar-refractivity contribution in [3.8, 4) is 0 Å². The summed E-state index contributed by atoms with van der Waals surface area (Å²) in [6, 6.07) is 21.6. The standard InChI is InChI=1S/2C10H13.2C2H5O.Ti/c2*1-10(2,3)9-7-5-4-6-8-9;2*1-2-3;/h2*4-8H,1H2,2-3H3;2*2H2,1H3;/q;;2*-1;+2. The molecule has 0 saturated heterocycles. The summed E-state index contributed by atoms with van der Waals surface area (Å²) in [6.45, 7) is 15.0. The van der Waals surface area contributed by atoms with Gasteiger partial charge in [0.15, 0.2) is 0 Å². The molecule has 0 aliphatic heterocycles. The number of rotatable bonds is 10. The molecule has 0 unspecified atom stereocenters. The monoisotopic (exact) mass is 404 g/mol. The van der Waals surface area contributed by atoms with E-state index in [0.717, 1.165) is 22.7 Å². The van der Waals surface area contributed by atoms with Crippen molar-refractivity contribution in [3.05, 3.63) is 71.8 Å². The van der Waals surface area contributed by atoms with Gasteiger partial charge in [-0.05, 0) is 0 Å². The topological polar surface area (TPSA) is 18.5 Å². The first-order chi connectivity index (χ1) is 12.7. The Morgan fingerprint density at radius 3 is 1.26 bits per heavy atom. The third-order valence-electron chi connectivity index (χ3n) is 5.35. The van der Waals surface area contributed by atoms with Crippen molar-refractivity contribution in [3.63, 3.8) is 0 Å². The molecule has 0 bridgehead atoms. The quantitative estimate of drug-likeness (QED) is 0.404. The van der Waals surface area contributed by atoms with Gasteiger partial charge in [-0.2, -0.15) is 0 Å². The minimum atomic E-state index is -3.07. The second-order valence-electron chi connectivity index (χ2n) is 8.63. The van der Waals surface area contributed by atoms with Crippen molar-refractivity contribution < 1.29 is 24.0 Å². The van der Waals surface area contributed by atoms with Crippen molar-refractivity contribution >= 4 is 0 Å². The van der Waals surface area contributed by atoms with E-state index >= 15 is 0 Å². The van der Waals surface area contributed by atoms with Gasteiger partial charge in [0.1, 0.15) is 0 Å². The molecule has 2 aromatic rings. The van der Waals surface area contributed by atoms with Crippen LogP contribution in [0.1, 0.15) is 52.7 Å². The Hall–Kier alpha value is -0.926. The molecule has 0 aliphatic rings. The minimum absolute atomic E-state index is 0.0262. The van der Waals surface area contributed by atoms with E-state index in [1.807, 2.05) is 0 Å². The van der Waals surface area contributed by atoms with Gasteiger partial charge in [0, 0.05) is 0 Å². The Morgan fingerprint density at radius 1 is 0.630 bits per heavy atom. The summed E-state index contributed by atoms with van der Waals surface area (Å²) in [7, 11) is 0. The number of benzene rings is 2. The van der Waals surface area contributed by atoms with Gasteiger partial charge in [-0.15, -0.1) is 0 Å². The van der Waals surface area contributed by atoms with Crippen molar-refractivity contribution in [2.45, 2.75) is 61.8 Å². The fourth-order valence-corrected chi connectivity index (χ4v) is 11.6. The second kappa shape index (κ2) is 9.52. The molecule has 2 rings (SSSR count).